The van der Waals surface area contributed by atoms with Gasteiger partial charge < -0.3 is 5.11 Å². The van der Waals surface area contributed by atoms with Gasteiger partial charge in [0.2, 0.25) is 0 Å². The average Bonchev–Trinajstić information content (AvgIpc) is 2.47. The van der Waals surface area contributed by atoms with Crippen LogP contribution < -0.4 is 0 Å². The normalized spacial score (nSPS) is 12.8. The van der Waals surface area contributed by atoms with Crippen LogP contribution in [0.2, 0.25) is 0 Å². The van der Waals surface area contributed by atoms with Crippen molar-refractivity contribution in [2.45, 2.75) is 19.8 Å². The number of nitrogens with zero attached hydrogens (tertiary/aromatic N) is 1. The molecule has 1 atom stereocenters. The molecule has 0 saturated carbocycles. The van der Waals surface area contributed by atoms with E-state index in [1.807, 2.05) is 5.38 Å². The largest absolute Gasteiger partial charge is 0.481 e. The van der Waals surface area contributed by atoms with Gasteiger partial charge in [-0.15, -0.1) is 11.3 Å². The summed E-state index contributed by atoms with van der Waals surface area (Å²) in [5.74, 6) is -1.03. The summed E-state index contributed by atoms with van der Waals surface area (Å²) in [6.45, 7) is 1.71. The molecule has 1 aromatic heterocycles. The molecule has 1 unspecified atom stereocenters. The highest BCUT2D eigenvalue weighted by Crippen LogP contribution is 2.18. The Morgan fingerprint density at radius 2 is 2.54 bits per heavy atom. The van der Waals surface area contributed by atoms with Gasteiger partial charge >= 0.3 is 5.97 Å². The van der Waals surface area contributed by atoms with E-state index in [0.29, 0.717) is 6.42 Å². The summed E-state index contributed by atoms with van der Waals surface area (Å²) < 4.78 is 0.852. The van der Waals surface area contributed by atoms with Crippen molar-refractivity contribution in [3.63, 3.8) is 0 Å². The first-order valence-corrected chi connectivity index (χ1v) is 5.59. The summed E-state index contributed by atoms with van der Waals surface area (Å²) in [5, 5.41) is 10.6. The Hall–Kier alpha value is -0.420. The van der Waals surface area contributed by atoms with Crippen LogP contribution in [0, 0.1) is 5.92 Å². The maximum Gasteiger partial charge on any atom is 0.306 e. The van der Waals surface area contributed by atoms with E-state index in [-0.39, 0.29) is 5.92 Å². The number of aromatic nitrogens is 1. The van der Waals surface area contributed by atoms with Crippen molar-refractivity contribution in [1.29, 1.82) is 0 Å². The van der Waals surface area contributed by atoms with Crippen molar-refractivity contribution < 1.29 is 9.90 Å². The average molecular weight is 264 g/mol. The van der Waals surface area contributed by atoms with Crippen molar-refractivity contribution in [2.75, 3.05) is 0 Å². The molecule has 0 aliphatic rings. The monoisotopic (exact) mass is 263 g/mol. The molecule has 1 heterocycles. The molecule has 0 saturated heterocycles. The minimum absolute atomic E-state index is 0.291. The highest BCUT2D eigenvalue weighted by molar-refractivity contribution is 9.11. The maximum atomic E-state index is 10.5. The van der Waals surface area contributed by atoms with Gasteiger partial charge in [0.05, 0.1) is 11.6 Å². The number of carboxylic acid groups (broad SMARTS) is 1. The van der Waals surface area contributed by atoms with Crippen LogP contribution in [-0.2, 0) is 11.2 Å². The Morgan fingerprint density at radius 1 is 1.85 bits per heavy atom. The SMILES string of the molecule is CC(CCc1csc(Br)n1)C(=O)O. The number of hydrogen-bond donors (Lipinski definition) is 1. The van der Waals surface area contributed by atoms with Crippen LogP contribution in [0.25, 0.3) is 0 Å². The zero-order chi connectivity index (χ0) is 9.84. The Balaban J connectivity index is 2.39. The number of aryl methyl sites for hydroxylation is 1. The quantitative estimate of drug-likeness (QED) is 0.909. The molecule has 0 aliphatic heterocycles. The smallest absolute Gasteiger partial charge is 0.306 e. The molecule has 5 heteroatoms. The van der Waals surface area contributed by atoms with Gasteiger partial charge in [-0.05, 0) is 28.8 Å². The molecule has 0 radical (unpaired) electrons. The van der Waals surface area contributed by atoms with Crippen LogP contribution in [0.3, 0.4) is 0 Å². The van der Waals surface area contributed by atoms with Crippen LogP contribution in [-0.4, -0.2) is 16.1 Å². The number of rotatable bonds is 4. The van der Waals surface area contributed by atoms with E-state index in [4.69, 9.17) is 5.11 Å². The molecule has 1 aromatic rings. The highest BCUT2D eigenvalue weighted by atomic mass is 79.9. The Labute approximate surface area is 88.9 Å². The van der Waals surface area contributed by atoms with Crippen LogP contribution in [0.5, 0.6) is 0 Å². The Kier molecular flexibility index (Phi) is 3.87. The fourth-order valence-corrected chi connectivity index (χ4v) is 1.97. The number of halogens is 1. The summed E-state index contributed by atoms with van der Waals surface area (Å²) in [6.07, 6.45) is 1.38. The maximum absolute atomic E-state index is 10.5. The Bertz CT molecular complexity index is 300. The fourth-order valence-electron chi connectivity index (χ4n) is 0.885. The fraction of sp³-hybridized carbons (Fsp3) is 0.500. The van der Waals surface area contributed by atoms with Crippen molar-refractivity contribution in [3.05, 3.63) is 15.0 Å². The van der Waals surface area contributed by atoms with Gasteiger partial charge in [0.15, 0.2) is 3.92 Å². The first kappa shape index (κ1) is 10.7. The third-order valence-electron chi connectivity index (χ3n) is 1.78. The number of carbonyl (C=O) groups is 1. The number of thiazole rings is 1. The Morgan fingerprint density at radius 3 is 3.00 bits per heavy atom. The lowest BCUT2D eigenvalue weighted by Gasteiger charge is -2.02. The van der Waals surface area contributed by atoms with E-state index in [9.17, 15) is 4.79 Å². The molecule has 72 valence electrons. The zero-order valence-corrected chi connectivity index (χ0v) is 9.56. The topological polar surface area (TPSA) is 50.2 Å². The molecule has 3 nitrogen and oxygen atoms in total. The minimum Gasteiger partial charge on any atom is -0.481 e. The molecular formula is C8H10BrNO2S. The molecular weight excluding hydrogens is 254 g/mol. The summed E-state index contributed by atoms with van der Waals surface area (Å²) >= 11 is 4.78. The van der Waals surface area contributed by atoms with E-state index in [2.05, 4.69) is 20.9 Å². The molecule has 0 aliphatic carbocycles. The summed E-state index contributed by atoms with van der Waals surface area (Å²) in [4.78, 5) is 14.7. The molecule has 0 amide bonds. The number of hydrogen-bond acceptors (Lipinski definition) is 3. The van der Waals surface area contributed by atoms with Crippen LogP contribution in [0.4, 0.5) is 0 Å². The minimum atomic E-state index is -0.741. The van der Waals surface area contributed by atoms with Gasteiger partial charge in [0.25, 0.3) is 0 Å². The van der Waals surface area contributed by atoms with E-state index >= 15 is 0 Å². The van der Waals surface area contributed by atoms with Gasteiger partial charge in [0, 0.05) is 5.38 Å². The first-order chi connectivity index (χ1) is 6.09. The van der Waals surface area contributed by atoms with E-state index < -0.39 is 5.97 Å². The van der Waals surface area contributed by atoms with Crippen molar-refractivity contribution in [1.82, 2.24) is 4.98 Å². The number of carboxylic acids is 1. The van der Waals surface area contributed by atoms with Crippen LogP contribution in [0.1, 0.15) is 19.0 Å². The molecule has 0 aromatic carbocycles. The van der Waals surface area contributed by atoms with E-state index in [1.54, 1.807) is 6.92 Å². The van der Waals surface area contributed by atoms with Gasteiger partial charge in [0.1, 0.15) is 0 Å². The van der Waals surface area contributed by atoms with Crippen molar-refractivity contribution >= 4 is 33.2 Å². The molecule has 0 bridgehead atoms. The lowest BCUT2D eigenvalue weighted by molar-refractivity contribution is -0.141. The molecule has 1 N–H and O–H groups in total. The highest BCUT2D eigenvalue weighted by Gasteiger charge is 2.11. The molecule has 0 spiro atoms. The van der Waals surface area contributed by atoms with Crippen LogP contribution in [0.15, 0.2) is 9.30 Å². The van der Waals surface area contributed by atoms with Gasteiger partial charge in [-0.1, -0.05) is 6.92 Å². The predicted octanol–water partition coefficient (Wildman–Crippen LogP) is 2.56. The van der Waals surface area contributed by atoms with E-state index in [0.717, 1.165) is 16.0 Å². The van der Waals surface area contributed by atoms with Crippen molar-refractivity contribution in [2.24, 2.45) is 5.92 Å². The lowest BCUT2D eigenvalue weighted by Crippen LogP contribution is -2.10. The second kappa shape index (κ2) is 4.72. The molecule has 0 fully saturated rings. The number of aliphatic carboxylic acids is 1. The van der Waals surface area contributed by atoms with Crippen molar-refractivity contribution in [3.8, 4) is 0 Å². The van der Waals surface area contributed by atoms with Crippen LogP contribution >= 0.6 is 27.3 Å². The standard InChI is InChI=1S/C8H10BrNO2S/c1-5(7(11)12)2-3-6-4-13-8(9)10-6/h4-5H,2-3H2,1H3,(H,11,12). The van der Waals surface area contributed by atoms with Gasteiger partial charge in [-0.25, -0.2) is 4.98 Å². The predicted molar refractivity (Wildman–Crippen MR) is 54.9 cm³/mol. The summed E-state index contributed by atoms with van der Waals surface area (Å²) in [5.41, 5.74) is 0.963. The molecule has 13 heavy (non-hydrogen) atoms. The zero-order valence-electron chi connectivity index (χ0n) is 7.16. The summed E-state index contributed by atoms with van der Waals surface area (Å²) in [7, 11) is 0. The second-order valence-electron chi connectivity index (χ2n) is 2.87. The summed E-state index contributed by atoms with van der Waals surface area (Å²) in [6, 6.07) is 0. The van der Waals surface area contributed by atoms with Gasteiger partial charge in [-0.2, -0.15) is 0 Å². The van der Waals surface area contributed by atoms with E-state index in [1.165, 1.54) is 11.3 Å². The molecule has 1 rings (SSSR count). The third kappa shape index (κ3) is 3.44. The first-order valence-electron chi connectivity index (χ1n) is 3.92. The third-order valence-corrected chi connectivity index (χ3v) is 3.19. The second-order valence-corrected chi connectivity index (χ2v) is 5.00. The van der Waals surface area contributed by atoms with Gasteiger partial charge in [-0.3, -0.25) is 4.79 Å². The lowest BCUT2D eigenvalue weighted by atomic mass is 10.1.